The van der Waals surface area contributed by atoms with Gasteiger partial charge in [0.25, 0.3) is 11.8 Å². The van der Waals surface area contributed by atoms with Gasteiger partial charge in [0.15, 0.2) is 0 Å². The molecule has 0 radical (unpaired) electrons. The number of rotatable bonds is 6. The van der Waals surface area contributed by atoms with Crippen molar-refractivity contribution in [2.75, 3.05) is 6.54 Å². The highest BCUT2D eigenvalue weighted by atomic mass is 79.9. The van der Waals surface area contributed by atoms with Crippen molar-refractivity contribution in [3.8, 4) is 0 Å². The number of carbonyl (C=O) groups is 2. The van der Waals surface area contributed by atoms with E-state index in [9.17, 15) is 9.59 Å². The fourth-order valence-electron chi connectivity index (χ4n) is 1.93. The summed E-state index contributed by atoms with van der Waals surface area (Å²) in [5, 5.41) is 5.34. The van der Waals surface area contributed by atoms with Crippen molar-refractivity contribution < 1.29 is 9.59 Å². The summed E-state index contributed by atoms with van der Waals surface area (Å²) < 4.78 is 0.878. The minimum Gasteiger partial charge on any atom is -0.347 e. The fraction of sp³-hybridized carbons (Fsp3) is 0.0526. The third-order valence-electron chi connectivity index (χ3n) is 3.12. The quantitative estimate of drug-likeness (QED) is 0.591. The Labute approximate surface area is 149 Å². The summed E-state index contributed by atoms with van der Waals surface area (Å²) in [7, 11) is 0. The van der Waals surface area contributed by atoms with E-state index in [2.05, 4.69) is 33.1 Å². The van der Waals surface area contributed by atoms with E-state index in [1.54, 1.807) is 36.4 Å². The second kappa shape index (κ2) is 8.84. The third-order valence-corrected chi connectivity index (χ3v) is 3.65. The van der Waals surface area contributed by atoms with Crippen molar-refractivity contribution in [2.24, 2.45) is 0 Å². The minimum absolute atomic E-state index is 0.177. The number of nitrogens with one attached hydrogen (secondary N) is 2. The van der Waals surface area contributed by atoms with E-state index in [0.29, 0.717) is 12.1 Å². The number of hydrogen-bond acceptors (Lipinski definition) is 2. The lowest BCUT2D eigenvalue weighted by molar-refractivity contribution is -0.117. The first-order valence-corrected chi connectivity index (χ1v) is 8.12. The second-order valence-corrected chi connectivity index (χ2v) is 5.84. The lowest BCUT2D eigenvalue weighted by Crippen LogP contribution is -2.34. The van der Waals surface area contributed by atoms with E-state index in [1.165, 1.54) is 0 Å². The Hall–Kier alpha value is -2.66. The van der Waals surface area contributed by atoms with Crippen LogP contribution in [0.3, 0.4) is 0 Å². The summed E-state index contributed by atoms with van der Waals surface area (Å²) >= 11 is 3.32. The zero-order chi connectivity index (χ0) is 17.4. The average Bonchev–Trinajstić information content (AvgIpc) is 2.60. The monoisotopic (exact) mass is 384 g/mol. The van der Waals surface area contributed by atoms with E-state index in [0.717, 1.165) is 10.0 Å². The molecule has 0 aliphatic heterocycles. The van der Waals surface area contributed by atoms with Crippen LogP contribution in [-0.4, -0.2) is 18.4 Å². The van der Waals surface area contributed by atoms with Crippen LogP contribution in [-0.2, 0) is 4.79 Å². The van der Waals surface area contributed by atoms with E-state index in [1.807, 2.05) is 30.3 Å². The Morgan fingerprint density at radius 2 is 1.71 bits per heavy atom. The highest BCUT2D eigenvalue weighted by Crippen LogP contribution is 2.11. The van der Waals surface area contributed by atoms with Crippen molar-refractivity contribution in [3.63, 3.8) is 0 Å². The van der Waals surface area contributed by atoms with Gasteiger partial charge in [-0.25, -0.2) is 0 Å². The van der Waals surface area contributed by atoms with Crippen molar-refractivity contribution in [2.45, 2.75) is 0 Å². The van der Waals surface area contributed by atoms with E-state index >= 15 is 0 Å². The van der Waals surface area contributed by atoms with Gasteiger partial charge in [0, 0.05) is 16.6 Å². The number of benzene rings is 2. The van der Waals surface area contributed by atoms with Crippen LogP contribution in [0.15, 0.2) is 77.4 Å². The third kappa shape index (κ3) is 5.21. The Kier molecular flexibility index (Phi) is 6.51. The Bertz CT molecular complexity index is 753. The van der Waals surface area contributed by atoms with Crippen LogP contribution in [0.4, 0.5) is 0 Å². The van der Waals surface area contributed by atoms with E-state index in [-0.39, 0.29) is 17.5 Å². The van der Waals surface area contributed by atoms with Crippen LogP contribution < -0.4 is 10.6 Å². The van der Waals surface area contributed by atoms with Crippen LogP contribution in [0.5, 0.6) is 0 Å². The molecule has 4 nitrogen and oxygen atoms in total. The molecule has 5 heteroatoms. The largest absolute Gasteiger partial charge is 0.347 e. The molecule has 0 saturated carbocycles. The van der Waals surface area contributed by atoms with Crippen molar-refractivity contribution in [3.05, 3.63) is 88.5 Å². The maximum atomic E-state index is 12.4. The molecule has 122 valence electrons. The van der Waals surface area contributed by atoms with Crippen LogP contribution in [0.2, 0.25) is 0 Å². The van der Waals surface area contributed by atoms with Gasteiger partial charge in [0.2, 0.25) is 0 Å². The number of hydrogen-bond donors (Lipinski definition) is 2. The summed E-state index contributed by atoms with van der Waals surface area (Å²) in [6.07, 6.45) is 3.21. The highest BCUT2D eigenvalue weighted by Gasteiger charge is 2.14. The van der Waals surface area contributed by atoms with Gasteiger partial charge in [-0.1, -0.05) is 52.3 Å². The topological polar surface area (TPSA) is 58.2 Å². The Morgan fingerprint density at radius 1 is 1.04 bits per heavy atom. The molecule has 0 aliphatic carbocycles. The predicted molar refractivity (Wildman–Crippen MR) is 99.2 cm³/mol. The van der Waals surface area contributed by atoms with Crippen LogP contribution in [0.25, 0.3) is 6.08 Å². The summed E-state index contributed by atoms with van der Waals surface area (Å²) in [5.41, 5.74) is 1.46. The first-order chi connectivity index (χ1) is 11.6. The van der Waals surface area contributed by atoms with E-state index < -0.39 is 0 Å². The molecule has 24 heavy (non-hydrogen) atoms. The maximum absolute atomic E-state index is 12.4. The second-order valence-electron chi connectivity index (χ2n) is 4.93. The molecular weight excluding hydrogens is 368 g/mol. The summed E-state index contributed by atoms with van der Waals surface area (Å²) in [5.74, 6) is -0.720. The smallest absolute Gasteiger partial charge is 0.268 e. The van der Waals surface area contributed by atoms with Crippen LogP contribution in [0, 0.1) is 0 Å². The van der Waals surface area contributed by atoms with Gasteiger partial charge in [-0.15, -0.1) is 6.58 Å². The molecule has 2 aromatic carbocycles. The molecule has 2 amide bonds. The number of amides is 2. The van der Waals surface area contributed by atoms with Crippen molar-refractivity contribution >= 4 is 33.8 Å². The summed E-state index contributed by atoms with van der Waals surface area (Å²) in [6.45, 7) is 3.89. The average molecular weight is 385 g/mol. The molecule has 0 aromatic heterocycles. The van der Waals surface area contributed by atoms with Gasteiger partial charge in [0.1, 0.15) is 5.70 Å². The molecule has 0 spiro atoms. The molecule has 0 saturated heterocycles. The van der Waals surface area contributed by atoms with Gasteiger partial charge in [-0.05, 0) is 35.9 Å². The minimum atomic E-state index is -0.371. The summed E-state index contributed by atoms with van der Waals surface area (Å²) in [4.78, 5) is 24.6. The van der Waals surface area contributed by atoms with Gasteiger partial charge in [0.05, 0.1) is 0 Å². The molecule has 0 unspecified atom stereocenters. The Balaban J connectivity index is 2.23. The normalized spacial score (nSPS) is 10.8. The molecule has 2 aromatic rings. The molecular formula is C19H17BrN2O2. The van der Waals surface area contributed by atoms with Crippen molar-refractivity contribution in [1.29, 1.82) is 0 Å². The lowest BCUT2D eigenvalue weighted by Gasteiger charge is -2.10. The highest BCUT2D eigenvalue weighted by molar-refractivity contribution is 9.10. The van der Waals surface area contributed by atoms with Gasteiger partial charge in [-0.2, -0.15) is 0 Å². The maximum Gasteiger partial charge on any atom is 0.268 e. The van der Waals surface area contributed by atoms with Crippen LogP contribution >= 0.6 is 15.9 Å². The van der Waals surface area contributed by atoms with Gasteiger partial charge in [-0.3, -0.25) is 9.59 Å². The number of carbonyl (C=O) groups excluding carboxylic acids is 2. The molecule has 0 heterocycles. The zero-order valence-electron chi connectivity index (χ0n) is 13.0. The molecule has 2 N–H and O–H groups in total. The summed E-state index contributed by atoms with van der Waals surface area (Å²) in [6, 6.07) is 16.2. The van der Waals surface area contributed by atoms with Crippen molar-refractivity contribution in [1.82, 2.24) is 10.6 Å². The van der Waals surface area contributed by atoms with Gasteiger partial charge >= 0.3 is 0 Å². The lowest BCUT2D eigenvalue weighted by atomic mass is 10.1. The van der Waals surface area contributed by atoms with Gasteiger partial charge < -0.3 is 10.6 Å². The van der Waals surface area contributed by atoms with E-state index in [4.69, 9.17) is 0 Å². The molecule has 0 atom stereocenters. The molecule has 0 fully saturated rings. The number of halogens is 1. The SMILES string of the molecule is C=CCNC(=O)/C(=C\c1ccccc1)NC(=O)c1ccc(Br)cc1. The predicted octanol–water partition coefficient (Wildman–Crippen LogP) is 3.52. The molecule has 2 rings (SSSR count). The first kappa shape index (κ1) is 17.7. The molecule has 0 aliphatic rings. The fourth-order valence-corrected chi connectivity index (χ4v) is 2.19. The first-order valence-electron chi connectivity index (χ1n) is 7.33. The zero-order valence-corrected chi connectivity index (χ0v) is 14.5. The van der Waals surface area contributed by atoms with Crippen LogP contribution in [0.1, 0.15) is 15.9 Å². The molecule has 0 bridgehead atoms. The Morgan fingerprint density at radius 3 is 2.33 bits per heavy atom. The standard InChI is InChI=1S/C19H17BrN2O2/c1-2-12-21-19(24)17(13-14-6-4-3-5-7-14)22-18(23)15-8-10-16(20)11-9-15/h2-11,13H,1,12H2,(H,21,24)(H,22,23)/b17-13+.